The van der Waals surface area contributed by atoms with Gasteiger partial charge in [-0.2, -0.15) is 0 Å². The zero-order chi connectivity index (χ0) is 14.1. The van der Waals surface area contributed by atoms with Crippen molar-refractivity contribution < 1.29 is 9.53 Å². The van der Waals surface area contributed by atoms with Gasteiger partial charge in [0.15, 0.2) is 0 Å². The first-order valence-electron chi connectivity index (χ1n) is 6.54. The Morgan fingerprint density at radius 2 is 2.05 bits per heavy atom. The standard InChI is InChI=1S/C16H14ClNO2/c1-2-20-14(19)9-10-7-8-12(17)16-15(10)11-5-3-4-6-13(11)18-16/h3-8,18H,2,9H2,1H3. The van der Waals surface area contributed by atoms with E-state index in [0.29, 0.717) is 11.6 Å². The van der Waals surface area contributed by atoms with Crippen LogP contribution in [0.3, 0.4) is 0 Å². The van der Waals surface area contributed by atoms with Gasteiger partial charge in [-0.05, 0) is 24.6 Å². The van der Waals surface area contributed by atoms with Gasteiger partial charge in [0.25, 0.3) is 0 Å². The number of fused-ring (bicyclic) bond motifs is 3. The molecule has 4 heteroatoms. The van der Waals surface area contributed by atoms with Gasteiger partial charge in [0, 0.05) is 16.3 Å². The van der Waals surface area contributed by atoms with E-state index in [1.54, 1.807) is 6.92 Å². The van der Waals surface area contributed by atoms with Crippen LogP contribution in [0.15, 0.2) is 36.4 Å². The number of carbonyl (C=O) groups is 1. The van der Waals surface area contributed by atoms with Crippen LogP contribution in [0, 0.1) is 0 Å². The summed E-state index contributed by atoms with van der Waals surface area (Å²) < 4.78 is 5.03. The Labute approximate surface area is 121 Å². The van der Waals surface area contributed by atoms with Crippen molar-refractivity contribution in [1.82, 2.24) is 4.98 Å². The molecule has 0 fully saturated rings. The second-order valence-corrected chi connectivity index (χ2v) is 5.02. The van der Waals surface area contributed by atoms with Crippen molar-refractivity contribution in [1.29, 1.82) is 0 Å². The zero-order valence-electron chi connectivity index (χ0n) is 11.1. The number of H-pyrrole nitrogens is 1. The van der Waals surface area contributed by atoms with E-state index in [1.807, 2.05) is 36.4 Å². The normalized spacial score (nSPS) is 11.1. The van der Waals surface area contributed by atoms with Crippen LogP contribution in [-0.2, 0) is 16.0 Å². The van der Waals surface area contributed by atoms with Gasteiger partial charge in [-0.15, -0.1) is 0 Å². The maximum absolute atomic E-state index is 11.7. The summed E-state index contributed by atoms with van der Waals surface area (Å²) in [5.74, 6) is -0.221. The first-order valence-corrected chi connectivity index (χ1v) is 6.92. The Kier molecular flexibility index (Phi) is 3.36. The highest BCUT2D eigenvalue weighted by atomic mass is 35.5. The fourth-order valence-electron chi connectivity index (χ4n) is 2.51. The number of esters is 1. The number of carbonyl (C=O) groups excluding carboxylic acids is 1. The molecular weight excluding hydrogens is 274 g/mol. The van der Waals surface area contributed by atoms with Crippen molar-refractivity contribution in [3.8, 4) is 0 Å². The average Bonchev–Trinajstić information content (AvgIpc) is 2.83. The number of hydrogen-bond acceptors (Lipinski definition) is 2. The lowest BCUT2D eigenvalue weighted by Gasteiger charge is -2.05. The van der Waals surface area contributed by atoms with E-state index in [4.69, 9.17) is 16.3 Å². The molecule has 0 unspecified atom stereocenters. The smallest absolute Gasteiger partial charge is 0.310 e. The molecule has 0 bridgehead atoms. The van der Waals surface area contributed by atoms with Gasteiger partial charge < -0.3 is 9.72 Å². The molecule has 0 aliphatic carbocycles. The lowest BCUT2D eigenvalue weighted by molar-refractivity contribution is -0.142. The van der Waals surface area contributed by atoms with Crippen LogP contribution < -0.4 is 0 Å². The van der Waals surface area contributed by atoms with E-state index >= 15 is 0 Å². The number of aromatic amines is 1. The SMILES string of the molecule is CCOC(=O)Cc1ccc(Cl)c2[nH]c3ccccc3c12. The first kappa shape index (κ1) is 13.0. The summed E-state index contributed by atoms with van der Waals surface area (Å²) in [5.41, 5.74) is 2.82. The van der Waals surface area contributed by atoms with Crippen molar-refractivity contribution in [2.75, 3.05) is 6.61 Å². The number of hydrogen-bond donors (Lipinski definition) is 1. The van der Waals surface area contributed by atoms with E-state index in [2.05, 4.69) is 4.98 Å². The monoisotopic (exact) mass is 287 g/mol. The predicted octanol–water partition coefficient (Wildman–Crippen LogP) is 4.08. The fraction of sp³-hybridized carbons (Fsp3) is 0.188. The summed E-state index contributed by atoms with van der Waals surface area (Å²) in [6, 6.07) is 11.7. The van der Waals surface area contributed by atoms with Crippen molar-refractivity contribution in [3.05, 3.63) is 47.0 Å². The molecule has 0 amide bonds. The minimum atomic E-state index is -0.221. The van der Waals surface area contributed by atoms with E-state index in [1.165, 1.54) is 0 Å². The van der Waals surface area contributed by atoms with Crippen molar-refractivity contribution in [2.45, 2.75) is 13.3 Å². The number of aromatic nitrogens is 1. The highest BCUT2D eigenvalue weighted by Gasteiger charge is 2.14. The van der Waals surface area contributed by atoms with E-state index in [0.717, 1.165) is 27.4 Å². The van der Waals surface area contributed by atoms with Gasteiger partial charge in [-0.1, -0.05) is 35.9 Å². The molecule has 0 aliphatic heterocycles. The van der Waals surface area contributed by atoms with E-state index in [-0.39, 0.29) is 12.4 Å². The zero-order valence-corrected chi connectivity index (χ0v) is 11.8. The summed E-state index contributed by atoms with van der Waals surface area (Å²) in [6.07, 6.45) is 0.253. The summed E-state index contributed by atoms with van der Waals surface area (Å²) in [7, 11) is 0. The van der Waals surface area contributed by atoms with E-state index < -0.39 is 0 Å². The molecule has 0 spiro atoms. The third-order valence-corrected chi connectivity index (χ3v) is 3.65. The van der Waals surface area contributed by atoms with Crippen LogP contribution in [0.25, 0.3) is 21.8 Å². The van der Waals surface area contributed by atoms with E-state index in [9.17, 15) is 4.79 Å². The number of halogens is 1. The van der Waals surface area contributed by atoms with Crippen molar-refractivity contribution in [3.63, 3.8) is 0 Å². The van der Waals surface area contributed by atoms with Crippen LogP contribution in [0.5, 0.6) is 0 Å². The summed E-state index contributed by atoms with van der Waals surface area (Å²) in [6.45, 7) is 2.20. The summed E-state index contributed by atoms with van der Waals surface area (Å²) in [5, 5.41) is 2.73. The minimum Gasteiger partial charge on any atom is -0.466 e. The van der Waals surface area contributed by atoms with Gasteiger partial charge >= 0.3 is 5.97 Å². The van der Waals surface area contributed by atoms with Crippen molar-refractivity contribution >= 4 is 39.4 Å². The molecule has 3 nitrogen and oxygen atoms in total. The maximum Gasteiger partial charge on any atom is 0.310 e. The highest BCUT2D eigenvalue weighted by Crippen LogP contribution is 2.33. The molecule has 3 aromatic rings. The largest absolute Gasteiger partial charge is 0.466 e. The van der Waals surface area contributed by atoms with Crippen LogP contribution in [0.2, 0.25) is 5.02 Å². The number of para-hydroxylation sites is 1. The predicted molar refractivity (Wildman–Crippen MR) is 81.2 cm³/mol. The maximum atomic E-state index is 11.7. The Bertz CT molecular complexity index is 792. The van der Waals surface area contributed by atoms with Crippen LogP contribution in [0.4, 0.5) is 0 Å². The van der Waals surface area contributed by atoms with Crippen LogP contribution in [0.1, 0.15) is 12.5 Å². The molecule has 1 N–H and O–H groups in total. The molecule has 1 aromatic heterocycles. The lowest BCUT2D eigenvalue weighted by atomic mass is 10.0. The van der Waals surface area contributed by atoms with Gasteiger partial charge in [0.05, 0.1) is 23.6 Å². The van der Waals surface area contributed by atoms with Crippen molar-refractivity contribution in [2.24, 2.45) is 0 Å². The molecule has 0 atom stereocenters. The van der Waals surface area contributed by atoms with Gasteiger partial charge in [-0.3, -0.25) is 4.79 Å². The highest BCUT2D eigenvalue weighted by molar-refractivity contribution is 6.36. The van der Waals surface area contributed by atoms with Gasteiger partial charge in [-0.25, -0.2) is 0 Å². The number of rotatable bonds is 3. The molecule has 3 rings (SSSR count). The van der Waals surface area contributed by atoms with Crippen LogP contribution >= 0.6 is 11.6 Å². The minimum absolute atomic E-state index is 0.221. The average molecular weight is 288 g/mol. The molecule has 102 valence electrons. The van der Waals surface area contributed by atoms with Gasteiger partial charge in [0.2, 0.25) is 0 Å². The Morgan fingerprint density at radius 1 is 1.25 bits per heavy atom. The molecule has 0 radical (unpaired) electrons. The first-order chi connectivity index (χ1) is 9.70. The second kappa shape index (κ2) is 5.17. The second-order valence-electron chi connectivity index (χ2n) is 4.61. The number of benzene rings is 2. The molecular formula is C16H14ClNO2. The number of nitrogens with one attached hydrogen (secondary N) is 1. The number of ether oxygens (including phenoxy) is 1. The summed E-state index contributed by atoms with van der Waals surface area (Å²) >= 11 is 6.25. The summed E-state index contributed by atoms with van der Waals surface area (Å²) in [4.78, 5) is 15.0. The molecule has 0 aliphatic rings. The third kappa shape index (κ3) is 2.14. The van der Waals surface area contributed by atoms with Crippen LogP contribution in [-0.4, -0.2) is 17.6 Å². The molecule has 1 heterocycles. The molecule has 20 heavy (non-hydrogen) atoms. The molecule has 0 saturated heterocycles. The topological polar surface area (TPSA) is 42.1 Å². The molecule has 0 saturated carbocycles. The molecule has 2 aromatic carbocycles. The quantitative estimate of drug-likeness (QED) is 0.738. The Hall–Kier alpha value is -2.00. The lowest BCUT2D eigenvalue weighted by Crippen LogP contribution is -2.07. The Morgan fingerprint density at radius 3 is 2.85 bits per heavy atom. The Balaban J connectivity index is 2.22. The third-order valence-electron chi connectivity index (χ3n) is 3.34. The van der Waals surface area contributed by atoms with Gasteiger partial charge in [0.1, 0.15) is 0 Å². The fourth-order valence-corrected chi connectivity index (χ4v) is 2.71.